The first-order chi connectivity index (χ1) is 16.5. The van der Waals surface area contributed by atoms with Gasteiger partial charge in [0.25, 0.3) is 0 Å². The first-order valence-electron chi connectivity index (χ1n) is 10.9. The summed E-state index contributed by atoms with van der Waals surface area (Å²) in [6.45, 7) is 3.14. The molecule has 0 saturated heterocycles. The lowest BCUT2D eigenvalue weighted by atomic mass is 9.99. The van der Waals surface area contributed by atoms with Gasteiger partial charge in [-0.25, -0.2) is 29.7 Å². The molecule has 1 aliphatic rings. The Bertz CT molecular complexity index is 1130. The minimum absolute atomic E-state index is 0.108. The summed E-state index contributed by atoms with van der Waals surface area (Å²) in [7, 11) is 1.30. The van der Waals surface area contributed by atoms with Gasteiger partial charge in [0.1, 0.15) is 18.2 Å². The average molecular weight is 468 g/mol. The molecule has 0 saturated carbocycles. The van der Waals surface area contributed by atoms with Crippen LogP contribution in [-0.4, -0.2) is 64.4 Å². The first kappa shape index (κ1) is 23.4. The van der Waals surface area contributed by atoms with Crippen LogP contribution in [0.2, 0.25) is 0 Å². The van der Waals surface area contributed by atoms with E-state index in [9.17, 15) is 9.18 Å². The lowest BCUT2D eigenvalue weighted by Crippen LogP contribution is -2.35. The summed E-state index contributed by atoms with van der Waals surface area (Å²) in [6, 6.07) is 4.59. The third kappa shape index (κ3) is 5.60. The topological polar surface area (TPSA) is 112 Å². The molecule has 34 heavy (non-hydrogen) atoms. The van der Waals surface area contributed by atoms with Crippen molar-refractivity contribution in [1.82, 2.24) is 24.9 Å². The number of carbonyl (C=O) groups is 1. The van der Waals surface area contributed by atoms with E-state index in [0.29, 0.717) is 55.8 Å². The van der Waals surface area contributed by atoms with Gasteiger partial charge in [-0.1, -0.05) is 0 Å². The third-order valence-corrected chi connectivity index (χ3v) is 5.37. The largest absolute Gasteiger partial charge is 0.493 e. The van der Waals surface area contributed by atoms with Crippen molar-refractivity contribution in [2.45, 2.75) is 25.8 Å². The predicted octanol–water partition coefficient (Wildman–Crippen LogP) is 2.55. The molecule has 1 aliphatic heterocycles. The zero-order valence-corrected chi connectivity index (χ0v) is 19.0. The van der Waals surface area contributed by atoms with Gasteiger partial charge in [0.05, 0.1) is 32.1 Å². The quantitative estimate of drug-likeness (QED) is 0.264. The van der Waals surface area contributed by atoms with Crippen molar-refractivity contribution in [2.75, 3.05) is 38.4 Å². The number of carbonyl (C=O) groups excluding carboxylic acids is 1. The van der Waals surface area contributed by atoms with Crippen molar-refractivity contribution < 1.29 is 23.4 Å². The summed E-state index contributed by atoms with van der Waals surface area (Å²) in [4.78, 5) is 34.6. The Hall–Kier alpha value is -3.73. The second-order valence-corrected chi connectivity index (χ2v) is 7.60. The number of esters is 1. The highest BCUT2D eigenvalue weighted by atomic mass is 19.1. The maximum atomic E-state index is 14.3. The van der Waals surface area contributed by atoms with Crippen molar-refractivity contribution in [2.24, 2.45) is 0 Å². The molecular weight excluding hydrogens is 443 g/mol. The average Bonchev–Trinajstić information content (AvgIpc) is 2.86. The van der Waals surface area contributed by atoms with E-state index < -0.39 is 11.9 Å². The summed E-state index contributed by atoms with van der Waals surface area (Å²) in [5.41, 5.74) is 1.86. The van der Waals surface area contributed by atoms with Gasteiger partial charge in [0.2, 0.25) is 5.95 Å². The standard InChI is InChI=1S/C23H25FN6O4/c1-15-17-13-27-23(22-25-6-3-7-26-22)28-18(17)5-8-30(15)20-12-16(11-19(24)29-20)34-10-4-9-33-14-21(31)32-2/h3,6-7,11-13,15H,4-5,8-10,14H2,1-2H3. The number of methoxy groups -OCH3 is 1. The molecule has 0 radical (unpaired) electrons. The Balaban J connectivity index is 1.41. The molecule has 10 nitrogen and oxygen atoms in total. The number of rotatable bonds is 9. The third-order valence-electron chi connectivity index (χ3n) is 5.37. The highest BCUT2D eigenvalue weighted by Gasteiger charge is 2.27. The van der Waals surface area contributed by atoms with E-state index in [1.54, 1.807) is 30.7 Å². The molecular formula is C23H25FN6O4. The second-order valence-electron chi connectivity index (χ2n) is 7.60. The zero-order chi connectivity index (χ0) is 23.9. The molecule has 0 aromatic carbocycles. The minimum Gasteiger partial charge on any atom is -0.493 e. The molecule has 0 spiro atoms. The van der Waals surface area contributed by atoms with Gasteiger partial charge in [-0.2, -0.15) is 4.39 Å². The van der Waals surface area contributed by atoms with Crippen LogP contribution in [0.25, 0.3) is 11.6 Å². The van der Waals surface area contributed by atoms with Gasteiger partial charge in [0.15, 0.2) is 11.6 Å². The van der Waals surface area contributed by atoms with Gasteiger partial charge in [-0.3, -0.25) is 0 Å². The summed E-state index contributed by atoms with van der Waals surface area (Å²) >= 11 is 0. The van der Waals surface area contributed by atoms with E-state index in [4.69, 9.17) is 9.47 Å². The van der Waals surface area contributed by atoms with E-state index in [1.165, 1.54) is 13.2 Å². The summed E-state index contributed by atoms with van der Waals surface area (Å²) < 4.78 is 29.6. The maximum absolute atomic E-state index is 14.3. The fourth-order valence-electron chi connectivity index (χ4n) is 3.66. The lowest BCUT2D eigenvalue weighted by Gasteiger charge is -2.35. The van der Waals surface area contributed by atoms with E-state index in [0.717, 1.165) is 11.3 Å². The number of hydrogen-bond donors (Lipinski definition) is 0. The van der Waals surface area contributed by atoms with Gasteiger partial charge >= 0.3 is 5.97 Å². The molecule has 178 valence electrons. The molecule has 0 aliphatic carbocycles. The highest BCUT2D eigenvalue weighted by Crippen LogP contribution is 2.33. The molecule has 3 aromatic heterocycles. The first-order valence-corrected chi connectivity index (χ1v) is 10.9. The molecule has 1 unspecified atom stereocenters. The second kappa shape index (κ2) is 10.9. The number of hydrogen-bond acceptors (Lipinski definition) is 10. The molecule has 0 bridgehead atoms. The Morgan fingerprint density at radius 3 is 2.76 bits per heavy atom. The van der Waals surface area contributed by atoms with Crippen LogP contribution in [0, 0.1) is 5.95 Å². The van der Waals surface area contributed by atoms with Crippen LogP contribution in [0.4, 0.5) is 10.2 Å². The van der Waals surface area contributed by atoms with Crippen LogP contribution in [0.1, 0.15) is 30.6 Å². The summed E-state index contributed by atoms with van der Waals surface area (Å²) in [5.74, 6) is 0.751. The number of fused-ring (bicyclic) bond motifs is 1. The van der Waals surface area contributed by atoms with Gasteiger partial charge in [-0.05, 0) is 13.0 Å². The Morgan fingerprint density at radius 2 is 1.97 bits per heavy atom. The fourth-order valence-corrected chi connectivity index (χ4v) is 3.66. The van der Waals surface area contributed by atoms with Crippen molar-refractivity contribution in [3.63, 3.8) is 0 Å². The SMILES string of the molecule is COC(=O)COCCCOc1cc(F)nc(N2CCc3nc(-c4ncccn4)ncc3C2C)c1. The van der Waals surface area contributed by atoms with Crippen LogP contribution in [-0.2, 0) is 20.7 Å². The number of halogens is 1. The van der Waals surface area contributed by atoms with E-state index in [1.807, 2.05) is 11.8 Å². The minimum atomic E-state index is -0.625. The molecule has 4 heterocycles. The van der Waals surface area contributed by atoms with Gasteiger partial charge in [0, 0.05) is 55.7 Å². The molecule has 1 atom stereocenters. The van der Waals surface area contributed by atoms with Crippen LogP contribution in [0.5, 0.6) is 5.75 Å². The molecule has 0 N–H and O–H groups in total. The smallest absolute Gasteiger partial charge is 0.331 e. The molecule has 3 aromatic rings. The van der Waals surface area contributed by atoms with E-state index >= 15 is 0 Å². The summed E-state index contributed by atoms with van der Waals surface area (Å²) in [6.07, 6.45) is 6.26. The van der Waals surface area contributed by atoms with Crippen molar-refractivity contribution in [3.05, 3.63) is 54.0 Å². The van der Waals surface area contributed by atoms with Crippen LogP contribution < -0.4 is 9.64 Å². The monoisotopic (exact) mass is 468 g/mol. The Kier molecular flexibility index (Phi) is 7.53. The Morgan fingerprint density at radius 1 is 1.15 bits per heavy atom. The highest BCUT2D eigenvalue weighted by molar-refractivity contribution is 5.70. The summed E-state index contributed by atoms with van der Waals surface area (Å²) in [5, 5.41) is 0. The molecule has 4 rings (SSSR count). The molecule has 0 fully saturated rings. The maximum Gasteiger partial charge on any atom is 0.331 e. The number of aromatic nitrogens is 5. The normalized spacial score (nSPS) is 15.0. The fraction of sp³-hybridized carbons (Fsp3) is 0.391. The van der Waals surface area contributed by atoms with Crippen LogP contribution >= 0.6 is 0 Å². The lowest BCUT2D eigenvalue weighted by molar-refractivity contribution is -0.145. The zero-order valence-electron chi connectivity index (χ0n) is 19.0. The number of nitrogens with zero attached hydrogens (tertiary/aromatic N) is 6. The van der Waals surface area contributed by atoms with Crippen LogP contribution in [0.3, 0.4) is 0 Å². The van der Waals surface area contributed by atoms with Crippen molar-refractivity contribution >= 4 is 11.8 Å². The van der Waals surface area contributed by atoms with Crippen molar-refractivity contribution in [1.29, 1.82) is 0 Å². The van der Waals surface area contributed by atoms with Crippen LogP contribution in [0.15, 0.2) is 36.8 Å². The molecule has 0 amide bonds. The predicted molar refractivity (Wildman–Crippen MR) is 120 cm³/mol. The number of anilines is 1. The van der Waals surface area contributed by atoms with Gasteiger partial charge < -0.3 is 19.1 Å². The van der Waals surface area contributed by atoms with E-state index in [2.05, 4.69) is 29.7 Å². The van der Waals surface area contributed by atoms with E-state index in [-0.39, 0.29) is 12.6 Å². The van der Waals surface area contributed by atoms with Crippen molar-refractivity contribution in [3.8, 4) is 17.4 Å². The Labute approximate surface area is 196 Å². The number of pyridine rings is 1. The molecule has 11 heteroatoms. The van der Waals surface area contributed by atoms with Gasteiger partial charge in [-0.15, -0.1) is 0 Å². The number of ether oxygens (including phenoxy) is 3.